The lowest BCUT2D eigenvalue weighted by Crippen LogP contribution is -2.51. The maximum absolute atomic E-state index is 5.60. The summed E-state index contributed by atoms with van der Waals surface area (Å²) in [6.07, 6.45) is 2.54. The highest BCUT2D eigenvalue weighted by Crippen LogP contribution is 2.20. The highest BCUT2D eigenvalue weighted by Gasteiger charge is 2.24. The summed E-state index contributed by atoms with van der Waals surface area (Å²) in [6, 6.07) is 2.67. The zero-order valence-electron chi connectivity index (χ0n) is 13.2. The summed E-state index contributed by atoms with van der Waals surface area (Å²) in [4.78, 5) is 10.8. The van der Waals surface area contributed by atoms with Crippen LogP contribution in [0.1, 0.15) is 27.2 Å². The Hall–Kier alpha value is -1.40. The number of ether oxygens (including phenoxy) is 2. The van der Waals surface area contributed by atoms with E-state index < -0.39 is 0 Å². The smallest absolute Gasteiger partial charge is 0.218 e. The van der Waals surface area contributed by atoms with Crippen molar-refractivity contribution in [1.82, 2.24) is 15.3 Å². The maximum atomic E-state index is 5.60. The van der Waals surface area contributed by atoms with Gasteiger partial charge in [0.15, 0.2) is 0 Å². The number of aromatic nitrogens is 2. The van der Waals surface area contributed by atoms with Gasteiger partial charge >= 0.3 is 0 Å². The first-order valence-corrected chi connectivity index (χ1v) is 7.73. The molecule has 1 aliphatic rings. The molecule has 6 heteroatoms. The second-order valence-electron chi connectivity index (χ2n) is 5.55. The second-order valence-corrected chi connectivity index (χ2v) is 5.55. The topological polar surface area (TPSA) is 59.5 Å². The predicted octanol–water partition coefficient (Wildman–Crippen LogP) is 1.47. The van der Waals surface area contributed by atoms with E-state index >= 15 is 0 Å². The Balaban J connectivity index is 2.05. The summed E-state index contributed by atoms with van der Waals surface area (Å²) in [5, 5.41) is 3.47. The lowest BCUT2D eigenvalue weighted by atomic mass is 10.2. The van der Waals surface area contributed by atoms with Crippen LogP contribution >= 0.6 is 0 Å². The number of anilines is 1. The van der Waals surface area contributed by atoms with Gasteiger partial charge in [-0.15, -0.1) is 0 Å². The van der Waals surface area contributed by atoms with Gasteiger partial charge in [-0.1, -0.05) is 20.8 Å². The molecule has 1 saturated heterocycles. The number of morpholine rings is 1. The maximum Gasteiger partial charge on any atom is 0.218 e. The van der Waals surface area contributed by atoms with E-state index in [0.717, 1.165) is 38.5 Å². The van der Waals surface area contributed by atoms with Crippen molar-refractivity contribution in [3.63, 3.8) is 0 Å². The number of hydrogen-bond acceptors (Lipinski definition) is 6. The Morgan fingerprint density at radius 2 is 2.33 bits per heavy atom. The number of nitrogens with one attached hydrogen (secondary N) is 1. The molecule has 0 radical (unpaired) electrons. The molecule has 2 rings (SSSR count). The van der Waals surface area contributed by atoms with Crippen molar-refractivity contribution < 1.29 is 9.47 Å². The van der Waals surface area contributed by atoms with Gasteiger partial charge in [0.25, 0.3) is 0 Å². The van der Waals surface area contributed by atoms with Crippen molar-refractivity contribution >= 4 is 5.82 Å². The van der Waals surface area contributed by atoms with Gasteiger partial charge in [-0.2, -0.15) is 0 Å². The Morgan fingerprint density at radius 3 is 3.10 bits per heavy atom. The summed E-state index contributed by atoms with van der Waals surface area (Å²) in [5.41, 5.74) is 0. The molecular weight excluding hydrogens is 268 g/mol. The van der Waals surface area contributed by atoms with Crippen LogP contribution in [0.3, 0.4) is 0 Å². The van der Waals surface area contributed by atoms with Gasteiger partial charge in [-0.25, -0.2) is 9.97 Å². The molecule has 1 atom stereocenters. The molecule has 1 unspecified atom stereocenters. The number of hydrogen-bond donors (Lipinski definition) is 1. The molecule has 1 fully saturated rings. The molecule has 6 nitrogen and oxygen atoms in total. The second kappa shape index (κ2) is 8.14. The standard InChI is InChI=1S/C15H26N4O2/c1-4-6-21-15-8-14(17-11-18-15)19-5-7-20-10-13(19)9-16-12(2)3/h8,11-13,16H,4-7,9-10H2,1-3H3. The van der Waals surface area contributed by atoms with Crippen molar-refractivity contribution in [2.75, 3.05) is 37.8 Å². The summed E-state index contributed by atoms with van der Waals surface area (Å²) < 4.78 is 11.2. The van der Waals surface area contributed by atoms with E-state index in [1.54, 1.807) is 6.33 Å². The van der Waals surface area contributed by atoms with Crippen LogP contribution in [0.4, 0.5) is 5.82 Å². The Bertz CT molecular complexity index is 428. The number of nitrogens with zero attached hydrogens (tertiary/aromatic N) is 3. The van der Waals surface area contributed by atoms with Crippen LogP contribution in [0.5, 0.6) is 5.88 Å². The van der Waals surface area contributed by atoms with Crippen molar-refractivity contribution in [2.45, 2.75) is 39.3 Å². The van der Waals surface area contributed by atoms with Crippen LogP contribution in [0.15, 0.2) is 12.4 Å². The molecule has 1 aromatic heterocycles. The Morgan fingerprint density at radius 1 is 1.48 bits per heavy atom. The summed E-state index contributed by atoms with van der Waals surface area (Å²) in [7, 11) is 0. The van der Waals surface area contributed by atoms with Crippen LogP contribution in [-0.4, -0.2) is 55.0 Å². The minimum absolute atomic E-state index is 0.287. The molecule has 21 heavy (non-hydrogen) atoms. The van der Waals surface area contributed by atoms with Gasteiger partial charge in [0.1, 0.15) is 12.1 Å². The molecule has 0 aliphatic carbocycles. The molecule has 0 aromatic carbocycles. The highest BCUT2D eigenvalue weighted by atomic mass is 16.5. The van der Waals surface area contributed by atoms with E-state index in [4.69, 9.17) is 9.47 Å². The third-order valence-corrected chi connectivity index (χ3v) is 3.37. The lowest BCUT2D eigenvalue weighted by molar-refractivity contribution is 0.0927. The molecule has 0 spiro atoms. The van der Waals surface area contributed by atoms with Crippen molar-refractivity contribution in [1.29, 1.82) is 0 Å². The van der Waals surface area contributed by atoms with Gasteiger partial charge in [0.2, 0.25) is 5.88 Å². The predicted molar refractivity (Wildman–Crippen MR) is 82.9 cm³/mol. The first-order chi connectivity index (χ1) is 10.2. The molecule has 0 saturated carbocycles. The molecule has 1 aliphatic heterocycles. The Kier molecular flexibility index (Phi) is 6.20. The molecular formula is C15H26N4O2. The van der Waals surface area contributed by atoms with Crippen LogP contribution in [0, 0.1) is 0 Å². The van der Waals surface area contributed by atoms with Crippen LogP contribution in [0.25, 0.3) is 0 Å². The van der Waals surface area contributed by atoms with Gasteiger partial charge < -0.3 is 19.7 Å². The largest absolute Gasteiger partial charge is 0.478 e. The normalized spacial score (nSPS) is 19.0. The van der Waals surface area contributed by atoms with E-state index in [9.17, 15) is 0 Å². The fourth-order valence-corrected chi connectivity index (χ4v) is 2.27. The van der Waals surface area contributed by atoms with E-state index in [2.05, 4.69) is 41.0 Å². The average Bonchev–Trinajstić information content (AvgIpc) is 2.51. The van der Waals surface area contributed by atoms with Crippen molar-refractivity contribution in [3.05, 3.63) is 12.4 Å². The third-order valence-electron chi connectivity index (χ3n) is 3.37. The van der Waals surface area contributed by atoms with Gasteiger partial charge in [0, 0.05) is 25.2 Å². The summed E-state index contributed by atoms with van der Waals surface area (Å²) in [6.45, 7) is 10.2. The quantitative estimate of drug-likeness (QED) is 0.822. The lowest BCUT2D eigenvalue weighted by Gasteiger charge is -2.37. The zero-order chi connectivity index (χ0) is 15.1. The van der Waals surface area contributed by atoms with E-state index in [-0.39, 0.29) is 6.04 Å². The van der Waals surface area contributed by atoms with E-state index in [0.29, 0.717) is 18.5 Å². The first kappa shape index (κ1) is 16.0. The fourth-order valence-electron chi connectivity index (χ4n) is 2.27. The van der Waals surface area contributed by atoms with E-state index in [1.165, 1.54) is 0 Å². The zero-order valence-corrected chi connectivity index (χ0v) is 13.2. The minimum Gasteiger partial charge on any atom is -0.478 e. The molecule has 1 N–H and O–H groups in total. The molecule has 118 valence electrons. The molecule has 1 aromatic rings. The highest BCUT2D eigenvalue weighted by molar-refractivity contribution is 5.42. The SMILES string of the molecule is CCCOc1cc(N2CCOCC2CNC(C)C)ncn1. The van der Waals surface area contributed by atoms with Gasteiger partial charge in [-0.05, 0) is 6.42 Å². The summed E-state index contributed by atoms with van der Waals surface area (Å²) in [5.74, 6) is 1.55. The molecule has 0 bridgehead atoms. The minimum atomic E-state index is 0.287. The van der Waals surface area contributed by atoms with Crippen LogP contribution in [0.2, 0.25) is 0 Å². The summed E-state index contributed by atoms with van der Waals surface area (Å²) >= 11 is 0. The average molecular weight is 294 g/mol. The van der Waals surface area contributed by atoms with Crippen LogP contribution in [-0.2, 0) is 4.74 Å². The van der Waals surface area contributed by atoms with Crippen molar-refractivity contribution in [3.8, 4) is 5.88 Å². The number of rotatable bonds is 7. The Labute approximate surface area is 126 Å². The van der Waals surface area contributed by atoms with Gasteiger partial charge in [-0.3, -0.25) is 0 Å². The molecule has 2 heterocycles. The first-order valence-electron chi connectivity index (χ1n) is 7.73. The van der Waals surface area contributed by atoms with Crippen molar-refractivity contribution in [2.24, 2.45) is 0 Å². The molecule has 0 amide bonds. The third kappa shape index (κ3) is 4.82. The van der Waals surface area contributed by atoms with Gasteiger partial charge in [0.05, 0.1) is 25.9 Å². The fraction of sp³-hybridized carbons (Fsp3) is 0.733. The monoisotopic (exact) mass is 294 g/mol. The van der Waals surface area contributed by atoms with E-state index in [1.807, 2.05) is 6.07 Å². The van der Waals surface area contributed by atoms with Crippen LogP contribution < -0.4 is 15.0 Å².